The molecule has 4 aliphatic carbocycles. The van der Waals surface area contributed by atoms with Gasteiger partial charge in [0.2, 0.25) is 6.29 Å². The third-order valence-electron chi connectivity index (χ3n) is 10.6. The molecule has 0 unspecified atom stereocenters. The molecule has 5 nitrogen and oxygen atoms in total. The molecule has 0 bridgehead atoms. The van der Waals surface area contributed by atoms with Crippen LogP contribution in [0.3, 0.4) is 0 Å². The van der Waals surface area contributed by atoms with Crippen LogP contribution in [0, 0.1) is 39.4 Å². The minimum Gasteiger partial charge on any atom is -0.462 e. The van der Waals surface area contributed by atoms with Crippen LogP contribution < -0.4 is 0 Å². The van der Waals surface area contributed by atoms with E-state index in [9.17, 15) is 14.7 Å². The molecule has 0 aromatic carbocycles. The highest BCUT2D eigenvalue weighted by Gasteiger charge is 2.69. The number of fused-ring (bicyclic) bond motifs is 6. The molecule has 3 fully saturated rings. The molecule has 0 aromatic heterocycles. The number of allylic oxidation sites excluding steroid dienone is 1. The van der Waals surface area contributed by atoms with Gasteiger partial charge in [-0.05, 0) is 66.1 Å². The zero-order valence-electron chi connectivity index (χ0n) is 20.4. The molecule has 0 spiro atoms. The van der Waals surface area contributed by atoms with Crippen molar-refractivity contribution in [2.75, 3.05) is 0 Å². The number of carbonyl (C=O) groups is 2. The normalized spacial score (nSPS) is 48.8. The van der Waals surface area contributed by atoms with Crippen LogP contribution in [-0.4, -0.2) is 29.4 Å². The smallest absolute Gasteiger partial charge is 0.337 e. The zero-order chi connectivity index (χ0) is 23.3. The number of esters is 2. The molecular weight excluding hydrogens is 404 g/mol. The summed E-state index contributed by atoms with van der Waals surface area (Å²) in [6.45, 7) is 13.3. The minimum atomic E-state index is -1.23. The summed E-state index contributed by atoms with van der Waals surface area (Å²) in [7, 11) is 0. The van der Waals surface area contributed by atoms with Crippen molar-refractivity contribution < 1.29 is 24.2 Å². The van der Waals surface area contributed by atoms with Crippen LogP contribution >= 0.6 is 0 Å². The van der Waals surface area contributed by atoms with Gasteiger partial charge in [0.25, 0.3) is 0 Å². The highest BCUT2D eigenvalue weighted by molar-refractivity contribution is 5.95. The van der Waals surface area contributed by atoms with Crippen molar-refractivity contribution in [3.05, 3.63) is 23.3 Å². The van der Waals surface area contributed by atoms with Gasteiger partial charge in [0, 0.05) is 17.9 Å². The first kappa shape index (κ1) is 22.2. The molecule has 32 heavy (non-hydrogen) atoms. The molecule has 0 aromatic rings. The van der Waals surface area contributed by atoms with E-state index in [0.717, 1.165) is 12.8 Å². The monoisotopic (exact) mass is 442 g/mol. The van der Waals surface area contributed by atoms with Crippen LogP contribution in [0.5, 0.6) is 0 Å². The standard InChI is InChI=1S/C27H38O5/c1-15(28)31-20-14-19-25(4)12-7-11-24(2,3)17(25)10-13-26(19,5)18-9-8-16-21(27(18,20)6)23(30)32-22(16)29/h8-9,17-20,22,29H,7,10-14H2,1-6H3/t17-,18-,19+,20-,22+,25-,26-,27+/m0/s1. The summed E-state index contributed by atoms with van der Waals surface area (Å²) in [5, 5.41) is 10.4. The first-order chi connectivity index (χ1) is 14.9. The van der Waals surface area contributed by atoms with Crippen molar-refractivity contribution in [3.8, 4) is 0 Å². The lowest BCUT2D eigenvalue weighted by Crippen LogP contribution is -2.65. The van der Waals surface area contributed by atoms with Crippen LogP contribution in [0.4, 0.5) is 0 Å². The predicted molar refractivity (Wildman–Crippen MR) is 120 cm³/mol. The summed E-state index contributed by atoms with van der Waals surface area (Å²) in [6, 6.07) is 0. The fourth-order valence-corrected chi connectivity index (χ4v) is 9.41. The average molecular weight is 443 g/mol. The van der Waals surface area contributed by atoms with Gasteiger partial charge in [-0.1, -0.05) is 53.2 Å². The van der Waals surface area contributed by atoms with Crippen molar-refractivity contribution >= 4 is 11.9 Å². The molecule has 0 radical (unpaired) electrons. The fourth-order valence-electron chi connectivity index (χ4n) is 9.41. The summed E-state index contributed by atoms with van der Waals surface area (Å²) < 4.78 is 11.3. The molecular formula is C27H38O5. The summed E-state index contributed by atoms with van der Waals surface area (Å²) in [5.74, 6) is 0.290. The molecule has 1 aliphatic heterocycles. The molecule has 0 saturated heterocycles. The van der Waals surface area contributed by atoms with Gasteiger partial charge in [0.05, 0.1) is 5.57 Å². The lowest BCUT2D eigenvalue weighted by Gasteiger charge is -2.69. The molecule has 5 heteroatoms. The highest BCUT2D eigenvalue weighted by atomic mass is 16.6. The Balaban J connectivity index is 1.66. The number of cyclic esters (lactones) is 1. The van der Waals surface area contributed by atoms with Gasteiger partial charge in [-0.3, -0.25) is 4.79 Å². The number of aliphatic hydroxyl groups is 1. The van der Waals surface area contributed by atoms with Crippen LogP contribution in [0.1, 0.15) is 80.1 Å². The van der Waals surface area contributed by atoms with Crippen molar-refractivity contribution in [1.29, 1.82) is 0 Å². The van der Waals surface area contributed by atoms with Crippen LogP contribution in [-0.2, 0) is 19.1 Å². The van der Waals surface area contributed by atoms with Gasteiger partial charge in [-0.2, -0.15) is 0 Å². The van der Waals surface area contributed by atoms with E-state index in [1.807, 2.05) is 6.08 Å². The largest absolute Gasteiger partial charge is 0.462 e. The molecule has 0 amide bonds. The minimum absolute atomic E-state index is 0.0209. The van der Waals surface area contributed by atoms with E-state index in [4.69, 9.17) is 9.47 Å². The Morgan fingerprint density at radius 3 is 2.50 bits per heavy atom. The first-order valence-electron chi connectivity index (χ1n) is 12.3. The second kappa shape index (κ2) is 6.71. The number of ether oxygens (including phenoxy) is 2. The van der Waals surface area contributed by atoms with Crippen LogP contribution in [0.25, 0.3) is 0 Å². The summed E-state index contributed by atoms with van der Waals surface area (Å²) >= 11 is 0. The maximum absolute atomic E-state index is 12.9. The summed E-state index contributed by atoms with van der Waals surface area (Å²) in [4.78, 5) is 25.2. The third kappa shape index (κ3) is 2.66. The maximum atomic E-state index is 12.9. The second-order valence-corrected chi connectivity index (χ2v) is 12.5. The van der Waals surface area contributed by atoms with Crippen LogP contribution in [0.2, 0.25) is 0 Å². The number of hydrogen-bond donors (Lipinski definition) is 1. The molecule has 1 heterocycles. The molecule has 1 N–H and O–H groups in total. The van der Waals surface area contributed by atoms with Gasteiger partial charge < -0.3 is 14.6 Å². The van der Waals surface area contributed by atoms with Gasteiger partial charge in [-0.25, -0.2) is 4.79 Å². The van der Waals surface area contributed by atoms with Crippen LogP contribution in [0.15, 0.2) is 23.3 Å². The number of carbonyl (C=O) groups excluding carboxylic acids is 2. The maximum Gasteiger partial charge on any atom is 0.337 e. The fraction of sp³-hybridized carbons (Fsp3) is 0.778. The average Bonchev–Trinajstić information content (AvgIpc) is 2.97. The topological polar surface area (TPSA) is 72.8 Å². The lowest BCUT2D eigenvalue weighted by atomic mass is 9.35. The van der Waals surface area contributed by atoms with E-state index < -0.39 is 23.8 Å². The van der Waals surface area contributed by atoms with Crippen molar-refractivity contribution in [1.82, 2.24) is 0 Å². The number of rotatable bonds is 1. The molecule has 176 valence electrons. The van der Waals surface area contributed by atoms with Gasteiger partial charge in [-0.15, -0.1) is 0 Å². The van der Waals surface area contributed by atoms with Crippen molar-refractivity contribution in [3.63, 3.8) is 0 Å². The van der Waals surface area contributed by atoms with Gasteiger partial charge >= 0.3 is 11.9 Å². The van der Waals surface area contributed by atoms with E-state index in [0.29, 0.717) is 28.4 Å². The predicted octanol–water partition coefficient (Wildman–Crippen LogP) is 4.93. The van der Waals surface area contributed by atoms with Gasteiger partial charge in [0.15, 0.2) is 0 Å². The Kier molecular flexibility index (Phi) is 4.65. The molecule has 5 aliphatic rings. The second-order valence-electron chi connectivity index (χ2n) is 12.5. The van der Waals surface area contributed by atoms with Gasteiger partial charge in [0.1, 0.15) is 6.10 Å². The molecule has 3 saturated carbocycles. The Morgan fingerprint density at radius 2 is 1.81 bits per heavy atom. The van der Waals surface area contributed by atoms with E-state index in [-0.39, 0.29) is 22.7 Å². The zero-order valence-corrected chi connectivity index (χ0v) is 20.4. The highest BCUT2D eigenvalue weighted by Crippen LogP contribution is 2.73. The summed E-state index contributed by atoms with van der Waals surface area (Å²) in [6.07, 6.45) is 9.17. The third-order valence-corrected chi connectivity index (χ3v) is 10.6. The number of aliphatic hydroxyl groups excluding tert-OH is 1. The molecule has 8 atom stereocenters. The van der Waals surface area contributed by atoms with E-state index in [2.05, 4.69) is 40.7 Å². The quantitative estimate of drug-likeness (QED) is 0.583. The molecule has 5 rings (SSSR count). The van der Waals surface area contributed by atoms with Crippen molar-refractivity contribution in [2.24, 2.45) is 39.4 Å². The Labute approximate surface area is 191 Å². The summed E-state index contributed by atoms with van der Waals surface area (Å²) in [5.41, 5.74) is 0.804. The Bertz CT molecular complexity index is 930. The van der Waals surface area contributed by atoms with Crippen molar-refractivity contribution in [2.45, 2.75) is 92.5 Å². The first-order valence-corrected chi connectivity index (χ1v) is 12.3. The Morgan fingerprint density at radius 1 is 1.09 bits per heavy atom. The SMILES string of the molecule is CC(=O)O[C@H]1C[C@@H]2[C@@]3(C)CCCC(C)(C)[C@@H]3CC[C@@]2(C)[C@@H]2C=CC3=C(C(=O)O[C@H]3O)[C@@]12C. The van der Waals surface area contributed by atoms with E-state index in [1.165, 1.54) is 32.6 Å². The van der Waals surface area contributed by atoms with E-state index in [1.54, 1.807) is 0 Å². The van der Waals surface area contributed by atoms with E-state index >= 15 is 0 Å². The Hall–Kier alpha value is -1.62. The number of hydrogen-bond acceptors (Lipinski definition) is 5. The lowest BCUT2D eigenvalue weighted by molar-refractivity contribution is -0.215.